The molecule has 3 N–H and O–H groups in total. The van der Waals surface area contributed by atoms with Crippen molar-refractivity contribution >= 4 is 21.8 Å². The number of aromatic nitrogens is 3. The standard InChI is InChI=1S/C23H26N6O4S/c1-4-18-26-10-11-29(18)19-12-15(8-9-25-19)22(30)27-23(2,3)14-33-17-7-5-6-16-13-34(31,32)28-21(24)20(16)17/h5-12H,4,13-14H2,1-3H3,(H2,24,28)(H,27,30). The number of sulfonamides is 1. The molecule has 11 heteroatoms. The Morgan fingerprint density at radius 3 is 2.79 bits per heavy atom. The summed E-state index contributed by atoms with van der Waals surface area (Å²) in [5.74, 6) is 1.25. The van der Waals surface area contributed by atoms with Crippen LogP contribution >= 0.6 is 0 Å². The van der Waals surface area contributed by atoms with E-state index >= 15 is 0 Å². The summed E-state index contributed by atoms with van der Waals surface area (Å²) in [7, 11) is -3.64. The third kappa shape index (κ3) is 4.93. The summed E-state index contributed by atoms with van der Waals surface area (Å²) >= 11 is 0. The number of benzene rings is 1. The Balaban J connectivity index is 1.48. The SMILES string of the molecule is CCc1nccn1-c1cc(C(=O)NC(C)(C)COc2cccc3c2C(N)=NS(=O)(=O)C3)ccn1. The van der Waals surface area contributed by atoms with Crippen molar-refractivity contribution in [1.29, 1.82) is 0 Å². The zero-order valence-corrected chi connectivity index (χ0v) is 20.0. The van der Waals surface area contributed by atoms with Crippen LogP contribution < -0.4 is 15.8 Å². The van der Waals surface area contributed by atoms with E-state index in [0.29, 0.717) is 28.3 Å². The van der Waals surface area contributed by atoms with Gasteiger partial charge in [-0.1, -0.05) is 19.1 Å². The van der Waals surface area contributed by atoms with Crippen molar-refractivity contribution in [3.63, 3.8) is 0 Å². The van der Waals surface area contributed by atoms with Crippen LogP contribution in [0, 0.1) is 0 Å². The number of imidazole rings is 1. The molecular formula is C23H26N6O4S. The molecule has 0 fully saturated rings. The summed E-state index contributed by atoms with van der Waals surface area (Å²) in [6, 6.07) is 8.43. The molecule has 2 aromatic heterocycles. The number of nitrogens with one attached hydrogen (secondary N) is 1. The van der Waals surface area contributed by atoms with E-state index in [1.807, 2.05) is 25.3 Å². The highest BCUT2D eigenvalue weighted by atomic mass is 32.2. The highest BCUT2D eigenvalue weighted by molar-refractivity contribution is 7.89. The van der Waals surface area contributed by atoms with Gasteiger partial charge in [0.2, 0.25) is 0 Å². The lowest BCUT2D eigenvalue weighted by Crippen LogP contribution is -2.48. The Bertz CT molecular complexity index is 1380. The minimum Gasteiger partial charge on any atom is -0.490 e. The van der Waals surface area contributed by atoms with Gasteiger partial charge in [-0.05, 0) is 37.6 Å². The first kappa shape index (κ1) is 23.4. The van der Waals surface area contributed by atoms with Crippen molar-refractivity contribution in [3.8, 4) is 11.6 Å². The van der Waals surface area contributed by atoms with Crippen LogP contribution in [0.25, 0.3) is 5.82 Å². The molecule has 0 unspecified atom stereocenters. The normalized spacial score (nSPS) is 14.7. The Hall–Kier alpha value is -3.73. The molecule has 0 bridgehead atoms. The van der Waals surface area contributed by atoms with Gasteiger partial charge in [0.1, 0.15) is 29.8 Å². The number of aryl methyl sites for hydroxylation is 1. The average molecular weight is 483 g/mol. The van der Waals surface area contributed by atoms with Crippen LogP contribution in [0.5, 0.6) is 5.75 Å². The lowest BCUT2D eigenvalue weighted by Gasteiger charge is -2.27. The number of nitrogens with zero attached hydrogens (tertiary/aromatic N) is 4. The number of hydrogen-bond acceptors (Lipinski definition) is 7. The second kappa shape index (κ2) is 8.90. The Morgan fingerprint density at radius 2 is 2.03 bits per heavy atom. The van der Waals surface area contributed by atoms with E-state index in [1.54, 1.807) is 48.9 Å². The van der Waals surface area contributed by atoms with Gasteiger partial charge in [-0.25, -0.2) is 18.4 Å². The predicted octanol–water partition coefficient (Wildman–Crippen LogP) is 1.97. The van der Waals surface area contributed by atoms with E-state index in [4.69, 9.17) is 10.5 Å². The second-order valence-corrected chi connectivity index (χ2v) is 10.2. The minimum absolute atomic E-state index is 0.103. The van der Waals surface area contributed by atoms with Crippen molar-refractivity contribution in [1.82, 2.24) is 19.9 Å². The molecule has 1 amide bonds. The fraction of sp³-hybridized carbons (Fsp3) is 0.304. The molecule has 34 heavy (non-hydrogen) atoms. The van der Waals surface area contributed by atoms with Crippen LogP contribution in [0.1, 0.15) is 48.1 Å². The zero-order chi connectivity index (χ0) is 24.5. The molecule has 0 spiro atoms. The van der Waals surface area contributed by atoms with Crippen LogP contribution in [0.3, 0.4) is 0 Å². The fourth-order valence-electron chi connectivity index (χ4n) is 3.70. The number of carbonyl (C=O) groups is 1. The van der Waals surface area contributed by atoms with Crippen molar-refractivity contribution in [3.05, 3.63) is 71.4 Å². The van der Waals surface area contributed by atoms with Crippen molar-refractivity contribution < 1.29 is 17.9 Å². The third-order valence-corrected chi connectivity index (χ3v) is 6.42. The third-order valence-electron chi connectivity index (χ3n) is 5.27. The van der Waals surface area contributed by atoms with Crippen LogP contribution in [0.15, 0.2) is 53.3 Å². The van der Waals surface area contributed by atoms with Gasteiger partial charge in [0, 0.05) is 30.6 Å². The topological polar surface area (TPSA) is 142 Å². The number of nitrogens with two attached hydrogens (primary N) is 1. The molecule has 10 nitrogen and oxygen atoms in total. The molecule has 0 atom stereocenters. The van der Waals surface area contributed by atoms with Crippen molar-refractivity contribution in [2.24, 2.45) is 10.1 Å². The van der Waals surface area contributed by atoms with Crippen molar-refractivity contribution in [2.45, 2.75) is 38.5 Å². The number of rotatable bonds is 7. The summed E-state index contributed by atoms with van der Waals surface area (Å²) < 4.78 is 35.2. The van der Waals surface area contributed by atoms with Gasteiger partial charge in [-0.15, -0.1) is 4.40 Å². The molecular weight excluding hydrogens is 456 g/mol. The molecule has 4 rings (SSSR count). The van der Waals surface area contributed by atoms with E-state index in [1.165, 1.54) is 0 Å². The van der Waals surface area contributed by atoms with Gasteiger partial charge in [-0.3, -0.25) is 9.36 Å². The summed E-state index contributed by atoms with van der Waals surface area (Å²) in [6.45, 7) is 5.78. The minimum atomic E-state index is -3.64. The number of fused-ring (bicyclic) bond motifs is 1. The van der Waals surface area contributed by atoms with Crippen molar-refractivity contribution in [2.75, 3.05) is 6.61 Å². The first-order valence-corrected chi connectivity index (χ1v) is 12.3. The van der Waals surface area contributed by atoms with E-state index in [2.05, 4.69) is 19.7 Å². The number of pyridine rings is 1. The van der Waals surface area contributed by atoms with Gasteiger partial charge in [-0.2, -0.15) is 0 Å². The molecule has 1 aliphatic heterocycles. The second-order valence-electron chi connectivity index (χ2n) is 8.59. The van der Waals surface area contributed by atoms with Crippen LogP contribution in [-0.4, -0.2) is 46.8 Å². The number of hydrogen-bond donors (Lipinski definition) is 2. The van der Waals surface area contributed by atoms with E-state index in [-0.39, 0.29) is 24.1 Å². The fourth-order valence-corrected chi connectivity index (χ4v) is 4.79. The lowest BCUT2D eigenvalue weighted by atomic mass is 10.0. The van der Waals surface area contributed by atoms with Crippen LogP contribution in [-0.2, 0) is 22.2 Å². The summed E-state index contributed by atoms with van der Waals surface area (Å²) in [5.41, 5.74) is 6.60. The molecule has 1 aromatic carbocycles. The quantitative estimate of drug-likeness (QED) is 0.524. The van der Waals surface area contributed by atoms with Gasteiger partial charge in [0.25, 0.3) is 15.9 Å². The zero-order valence-electron chi connectivity index (χ0n) is 19.1. The lowest BCUT2D eigenvalue weighted by molar-refractivity contribution is 0.0880. The average Bonchev–Trinajstić information content (AvgIpc) is 3.25. The summed E-state index contributed by atoms with van der Waals surface area (Å²) in [4.78, 5) is 21.6. The van der Waals surface area contributed by atoms with Crippen LogP contribution in [0.4, 0.5) is 0 Å². The molecule has 0 saturated carbocycles. The predicted molar refractivity (Wildman–Crippen MR) is 128 cm³/mol. The summed E-state index contributed by atoms with van der Waals surface area (Å²) in [6.07, 6.45) is 5.82. The number of amides is 1. The number of amidine groups is 1. The molecule has 0 saturated heterocycles. The van der Waals surface area contributed by atoms with E-state index in [0.717, 1.165) is 12.2 Å². The van der Waals surface area contributed by atoms with Gasteiger partial charge in [0.05, 0.1) is 16.9 Å². The highest BCUT2D eigenvalue weighted by Crippen LogP contribution is 2.28. The first-order chi connectivity index (χ1) is 16.1. The van der Waals surface area contributed by atoms with Gasteiger partial charge >= 0.3 is 0 Å². The monoisotopic (exact) mass is 482 g/mol. The number of carbonyl (C=O) groups excluding carboxylic acids is 1. The molecule has 1 aliphatic rings. The molecule has 3 aromatic rings. The molecule has 178 valence electrons. The van der Waals surface area contributed by atoms with Gasteiger partial charge < -0.3 is 15.8 Å². The van der Waals surface area contributed by atoms with E-state index < -0.39 is 15.6 Å². The van der Waals surface area contributed by atoms with Crippen LogP contribution in [0.2, 0.25) is 0 Å². The Labute approximate surface area is 198 Å². The largest absolute Gasteiger partial charge is 0.490 e. The molecule has 0 radical (unpaired) electrons. The maximum absolute atomic E-state index is 13.0. The smallest absolute Gasteiger partial charge is 0.259 e. The Kier molecular flexibility index (Phi) is 6.13. The molecule has 3 heterocycles. The summed E-state index contributed by atoms with van der Waals surface area (Å²) in [5, 5.41) is 2.97. The first-order valence-electron chi connectivity index (χ1n) is 10.7. The highest BCUT2D eigenvalue weighted by Gasteiger charge is 2.27. The molecule has 0 aliphatic carbocycles. The number of ether oxygens (including phenoxy) is 1. The maximum atomic E-state index is 13.0. The Morgan fingerprint density at radius 1 is 1.24 bits per heavy atom. The van der Waals surface area contributed by atoms with E-state index in [9.17, 15) is 13.2 Å². The maximum Gasteiger partial charge on any atom is 0.259 e. The van der Waals surface area contributed by atoms with Gasteiger partial charge in [0.15, 0.2) is 0 Å².